The average Bonchev–Trinajstić information content (AvgIpc) is 3.05. The molecular weight excluding hydrogens is 236 g/mol. The summed E-state index contributed by atoms with van der Waals surface area (Å²) in [6, 6.07) is -0.119. The molecule has 6 heteroatoms. The third-order valence-corrected chi connectivity index (χ3v) is 3.28. The Morgan fingerprint density at radius 3 is 2.61 bits per heavy atom. The molecule has 1 saturated carbocycles. The highest BCUT2D eigenvalue weighted by molar-refractivity contribution is 5.75. The Balaban J connectivity index is 1.46. The Morgan fingerprint density at radius 1 is 1.28 bits per heavy atom. The van der Waals surface area contributed by atoms with Crippen LogP contribution in [0.25, 0.3) is 0 Å². The average molecular weight is 256 g/mol. The lowest BCUT2D eigenvalue weighted by Gasteiger charge is -2.38. The molecule has 2 fully saturated rings. The number of nitrogens with zero attached hydrogens (tertiary/aromatic N) is 1. The molecule has 1 saturated heterocycles. The first-order chi connectivity index (χ1) is 8.65. The van der Waals surface area contributed by atoms with Gasteiger partial charge in [-0.15, -0.1) is 0 Å². The summed E-state index contributed by atoms with van der Waals surface area (Å²) in [4.78, 5) is 23.7. The number of carbonyl (C=O) groups is 2. The zero-order valence-electron chi connectivity index (χ0n) is 10.4. The van der Waals surface area contributed by atoms with Crippen LogP contribution in [0.4, 0.5) is 4.79 Å². The van der Waals surface area contributed by atoms with Crippen LogP contribution < -0.4 is 5.32 Å². The fourth-order valence-electron chi connectivity index (χ4n) is 1.99. The molecule has 0 unspecified atom stereocenters. The third-order valence-electron chi connectivity index (χ3n) is 3.28. The van der Waals surface area contributed by atoms with Crippen molar-refractivity contribution in [1.29, 1.82) is 0 Å². The summed E-state index contributed by atoms with van der Waals surface area (Å²) in [5, 5.41) is 11.4. The van der Waals surface area contributed by atoms with E-state index in [0.717, 1.165) is 12.5 Å². The van der Waals surface area contributed by atoms with Gasteiger partial charge in [-0.3, -0.25) is 4.79 Å². The summed E-state index contributed by atoms with van der Waals surface area (Å²) in [5.41, 5.74) is 0. The normalized spacial score (nSPS) is 19.4. The number of hydrogen-bond acceptors (Lipinski definition) is 3. The number of hydrogen-bond donors (Lipinski definition) is 2. The maximum atomic E-state index is 11.6. The van der Waals surface area contributed by atoms with Crippen LogP contribution in [0.3, 0.4) is 0 Å². The zero-order chi connectivity index (χ0) is 13.0. The van der Waals surface area contributed by atoms with Crippen LogP contribution in [-0.4, -0.2) is 54.9 Å². The van der Waals surface area contributed by atoms with E-state index in [1.807, 2.05) is 0 Å². The van der Waals surface area contributed by atoms with Gasteiger partial charge in [-0.2, -0.15) is 0 Å². The standard InChI is InChI=1S/C12H20N2O4/c15-11(16)5-10-6-14(7-10)12(17)13-3-4-18-8-9-1-2-9/h9-10H,1-8H2,(H,13,17)(H,15,16). The molecule has 102 valence electrons. The highest BCUT2D eigenvalue weighted by Gasteiger charge is 2.31. The van der Waals surface area contributed by atoms with E-state index in [1.54, 1.807) is 4.90 Å². The van der Waals surface area contributed by atoms with Gasteiger partial charge in [0.1, 0.15) is 0 Å². The molecule has 2 rings (SSSR count). The second kappa shape index (κ2) is 6.04. The van der Waals surface area contributed by atoms with Gasteiger partial charge in [0.15, 0.2) is 0 Å². The smallest absolute Gasteiger partial charge is 0.317 e. The largest absolute Gasteiger partial charge is 0.481 e. The second-order valence-electron chi connectivity index (χ2n) is 5.12. The van der Waals surface area contributed by atoms with Crippen molar-refractivity contribution >= 4 is 12.0 Å². The highest BCUT2D eigenvalue weighted by Crippen LogP contribution is 2.28. The van der Waals surface area contributed by atoms with Crippen molar-refractivity contribution in [3.05, 3.63) is 0 Å². The first kappa shape index (κ1) is 13.1. The van der Waals surface area contributed by atoms with E-state index in [4.69, 9.17) is 9.84 Å². The third kappa shape index (κ3) is 4.18. The first-order valence-corrected chi connectivity index (χ1v) is 6.47. The number of carbonyl (C=O) groups excluding carboxylic acids is 1. The summed E-state index contributed by atoms with van der Waals surface area (Å²) in [7, 11) is 0. The number of aliphatic carboxylic acids is 1. The van der Waals surface area contributed by atoms with Gasteiger partial charge in [0.2, 0.25) is 0 Å². The molecule has 0 aromatic carbocycles. The van der Waals surface area contributed by atoms with Crippen LogP contribution in [0, 0.1) is 11.8 Å². The van der Waals surface area contributed by atoms with Gasteiger partial charge in [0.25, 0.3) is 0 Å². The van der Waals surface area contributed by atoms with E-state index in [9.17, 15) is 9.59 Å². The lowest BCUT2D eigenvalue weighted by molar-refractivity contribution is -0.139. The minimum Gasteiger partial charge on any atom is -0.481 e. The molecule has 0 atom stereocenters. The van der Waals surface area contributed by atoms with Crippen molar-refractivity contribution < 1.29 is 19.4 Å². The Hall–Kier alpha value is -1.30. The fourth-order valence-corrected chi connectivity index (χ4v) is 1.99. The number of urea groups is 1. The first-order valence-electron chi connectivity index (χ1n) is 6.47. The molecule has 0 aromatic rings. The summed E-state index contributed by atoms with van der Waals surface area (Å²) < 4.78 is 5.40. The summed E-state index contributed by atoms with van der Waals surface area (Å²) in [5.74, 6) is 0.0563. The Kier molecular flexibility index (Phi) is 4.41. The van der Waals surface area contributed by atoms with Gasteiger partial charge in [-0.05, 0) is 18.8 Å². The number of carboxylic acids is 1. The van der Waals surface area contributed by atoms with E-state index >= 15 is 0 Å². The lowest BCUT2D eigenvalue weighted by atomic mass is 9.97. The highest BCUT2D eigenvalue weighted by atomic mass is 16.5. The Bertz CT molecular complexity index is 311. The van der Waals surface area contributed by atoms with Crippen molar-refractivity contribution in [3.63, 3.8) is 0 Å². The predicted octanol–water partition coefficient (Wildman–Crippen LogP) is 0.529. The maximum absolute atomic E-state index is 11.6. The van der Waals surface area contributed by atoms with E-state index < -0.39 is 5.97 Å². The van der Waals surface area contributed by atoms with Crippen molar-refractivity contribution in [2.75, 3.05) is 32.8 Å². The van der Waals surface area contributed by atoms with Gasteiger partial charge in [0, 0.05) is 32.2 Å². The van der Waals surface area contributed by atoms with Crippen LogP contribution in [0.5, 0.6) is 0 Å². The quantitative estimate of drug-likeness (QED) is 0.651. The van der Waals surface area contributed by atoms with Crippen molar-refractivity contribution in [2.24, 2.45) is 11.8 Å². The number of nitrogens with one attached hydrogen (secondary N) is 1. The molecule has 6 nitrogen and oxygen atoms in total. The van der Waals surface area contributed by atoms with Crippen molar-refractivity contribution in [3.8, 4) is 0 Å². The van der Waals surface area contributed by atoms with Gasteiger partial charge in [-0.25, -0.2) is 4.79 Å². The molecule has 2 N–H and O–H groups in total. The van der Waals surface area contributed by atoms with Gasteiger partial charge in [-0.1, -0.05) is 0 Å². The number of amides is 2. The van der Waals surface area contributed by atoms with Crippen molar-refractivity contribution in [1.82, 2.24) is 10.2 Å². The fraction of sp³-hybridized carbons (Fsp3) is 0.833. The summed E-state index contributed by atoms with van der Waals surface area (Å²) >= 11 is 0. The molecule has 18 heavy (non-hydrogen) atoms. The molecule has 2 amide bonds. The molecule has 1 aliphatic carbocycles. The number of likely N-dealkylation sites (tertiary alicyclic amines) is 1. The Labute approximate surface area is 106 Å². The maximum Gasteiger partial charge on any atom is 0.317 e. The second-order valence-corrected chi connectivity index (χ2v) is 5.12. The monoisotopic (exact) mass is 256 g/mol. The van der Waals surface area contributed by atoms with Gasteiger partial charge < -0.3 is 20.1 Å². The Morgan fingerprint density at radius 2 is 2.00 bits per heavy atom. The van der Waals surface area contributed by atoms with E-state index in [-0.39, 0.29) is 18.4 Å². The molecule has 1 heterocycles. The topological polar surface area (TPSA) is 78.9 Å². The number of rotatable bonds is 7. The van der Waals surface area contributed by atoms with Crippen LogP contribution in [0.15, 0.2) is 0 Å². The number of ether oxygens (including phenoxy) is 1. The van der Waals surface area contributed by atoms with Gasteiger partial charge >= 0.3 is 12.0 Å². The molecule has 0 radical (unpaired) electrons. The van der Waals surface area contributed by atoms with Gasteiger partial charge in [0.05, 0.1) is 13.0 Å². The van der Waals surface area contributed by atoms with E-state index in [0.29, 0.717) is 26.2 Å². The SMILES string of the molecule is O=C(O)CC1CN(C(=O)NCCOCC2CC2)C1. The van der Waals surface area contributed by atoms with Crippen LogP contribution in [0.1, 0.15) is 19.3 Å². The molecule has 0 spiro atoms. The summed E-state index contributed by atoms with van der Waals surface area (Å²) in [6.45, 7) is 2.96. The van der Waals surface area contributed by atoms with E-state index in [2.05, 4.69) is 5.32 Å². The van der Waals surface area contributed by atoms with Crippen molar-refractivity contribution in [2.45, 2.75) is 19.3 Å². The minimum absolute atomic E-state index is 0.111. The van der Waals surface area contributed by atoms with Crippen LogP contribution in [-0.2, 0) is 9.53 Å². The molecule has 2 aliphatic rings. The van der Waals surface area contributed by atoms with Crippen LogP contribution in [0.2, 0.25) is 0 Å². The van der Waals surface area contributed by atoms with E-state index in [1.165, 1.54) is 12.8 Å². The molecule has 0 aromatic heterocycles. The summed E-state index contributed by atoms with van der Waals surface area (Å²) in [6.07, 6.45) is 2.69. The van der Waals surface area contributed by atoms with Crippen LogP contribution >= 0.6 is 0 Å². The molecular formula is C12H20N2O4. The zero-order valence-corrected chi connectivity index (χ0v) is 10.4. The predicted molar refractivity (Wildman–Crippen MR) is 64.3 cm³/mol. The molecule has 0 bridgehead atoms. The molecule has 1 aliphatic heterocycles. The number of carboxylic acid groups (broad SMARTS) is 1. The lowest BCUT2D eigenvalue weighted by Crippen LogP contribution is -2.54. The minimum atomic E-state index is -0.798.